The molecule has 0 aromatic carbocycles. The molecule has 0 fully saturated rings. The van der Waals surface area contributed by atoms with E-state index in [2.05, 4.69) is 32.9 Å². The molecular formula is C24H47N5O2. The van der Waals surface area contributed by atoms with Crippen molar-refractivity contribution in [1.29, 1.82) is 0 Å². The summed E-state index contributed by atoms with van der Waals surface area (Å²) in [6.45, 7) is 5.01. The van der Waals surface area contributed by atoms with Gasteiger partial charge in [-0.2, -0.15) is 5.21 Å². The van der Waals surface area contributed by atoms with Gasteiger partial charge in [0.1, 0.15) is 0 Å². The average molecular weight is 438 g/mol. The van der Waals surface area contributed by atoms with Crippen LogP contribution in [0.1, 0.15) is 122 Å². The molecule has 31 heavy (non-hydrogen) atoms. The predicted molar refractivity (Wildman–Crippen MR) is 126 cm³/mol. The van der Waals surface area contributed by atoms with Crippen LogP contribution >= 0.6 is 0 Å². The van der Waals surface area contributed by atoms with E-state index in [1.54, 1.807) is 0 Å². The van der Waals surface area contributed by atoms with Crippen LogP contribution in [0.2, 0.25) is 0 Å². The van der Waals surface area contributed by atoms with Gasteiger partial charge in [0.15, 0.2) is 5.82 Å². The van der Waals surface area contributed by atoms with Gasteiger partial charge in [-0.15, -0.1) is 10.2 Å². The molecule has 1 heterocycles. The second kappa shape index (κ2) is 20.4. The molecule has 0 aliphatic heterocycles. The summed E-state index contributed by atoms with van der Waals surface area (Å²) in [6, 6.07) is -0.115. The monoisotopic (exact) mass is 437 g/mol. The summed E-state index contributed by atoms with van der Waals surface area (Å²) in [5.74, 6) is 0.518. The topological polar surface area (TPSA) is 92.8 Å². The van der Waals surface area contributed by atoms with Crippen molar-refractivity contribution >= 4 is 5.91 Å². The maximum Gasteiger partial charge on any atom is 0.217 e. The molecule has 1 amide bonds. The Morgan fingerprint density at radius 2 is 1.39 bits per heavy atom. The molecule has 0 aliphatic rings. The number of unbranched alkanes of at least 4 members (excludes halogenated alkanes) is 15. The van der Waals surface area contributed by atoms with Crippen molar-refractivity contribution in [2.45, 2.75) is 129 Å². The van der Waals surface area contributed by atoms with Crippen molar-refractivity contribution in [2.24, 2.45) is 0 Å². The Balaban J connectivity index is 1.83. The Bertz CT molecular complexity index is 510. The lowest BCUT2D eigenvalue weighted by Gasteiger charge is -2.16. The summed E-state index contributed by atoms with van der Waals surface area (Å²) in [5.41, 5.74) is 0. The number of carbonyl (C=O) groups excluding carboxylic acids is 1. The van der Waals surface area contributed by atoms with E-state index in [1.807, 2.05) is 0 Å². The van der Waals surface area contributed by atoms with Crippen LogP contribution < -0.4 is 5.32 Å². The van der Waals surface area contributed by atoms with Gasteiger partial charge in [-0.3, -0.25) is 4.79 Å². The Labute approximate surface area is 189 Å². The number of nitrogens with zero attached hydrogens (tertiary/aromatic N) is 3. The maximum absolute atomic E-state index is 11.3. The number of ether oxygens (including phenoxy) is 1. The Morgan fingerprint density at radius 3 is 1.84 bits per heavy atom. The molecule has 1 aromatic heterocycles. The summed E-state index contributed by atoms with van der Waals surface area (Å²) in [5, 5.41) is 16.7. The van der Waals surface area contributed by atoms with E-state index in [0.29, 0.717) is 18.9 Å². The standard InChI is InChI=1S/C24H47N5O2/c1-3-4-5-6-7-8-9-10-11-12-13-14-15-16-17-18-19-31-21-23(25-22(2)30)20-24-26-28-29-27-24/h23H,3-21H2,1-2H3,(H,25,30)(H,26,27,28,29). The van der Waals surface area contributed by atoms with E-state index in [1.165, 1.54) is 103 Å². The molecule has 0 saturated heterocycles. The zero-order valence-electron chi connectivity index (χ0n) is 20.2. The van der Waals surface area contributed by atoms with E-state index >= 15 is 0 Å². The number of nitrogens with one attached hydrogen (secondary N) is 2. The van der Waals surface area contributed by atoms with Crippen LogP contribution in [-0.2, 0) is 16.0 Å². The number of hydrogen-bond acceptors (Lipinski definition) is 5. The van der Waals surface area contributed by atoms with Crippen LogP contribution in [0.25, 0.3) is 0 Å². The SMILES string of the molecule is CCCCCCCCCCCCCCCCCCOCC(Cc1nn[nH]n1)NC(C)=O. The van der Waals surface area contributed by atoms with Gasteiger partial charge in [-0.1, -0.05) is 108 Å². The number of tetrazole rings is 1. The van der Waals surface area contributed by atoms with Crippen molar-refractivity contribution in [2.75, 3.05) is 13.2 Å². The number of amides is 1. The molecule has 1 aromatic rings. The number of H-pyrrole nitrogens is 1. The fourth-order valence-electron chi connectivity index (χ4n) is 3.91. The number of carbonyl (C=O) groups is 1. The fourth-order valence-corrected chi connectivity index (χ4v) is 3.91. The molecular weight excluding hydrogens is 390 g/mol. The highest BCUT2D eigenvalue weighted by Crippen LogP contribution is 2.13. The fraction of sp³-hybridized carbons (Fsp3) is 0.917. The molecule has 0 aliphatic carbocycles. The van der Waals surface area contributed by atoms with E-state index < -0.39 is 0 Å². The van der Waals surface area contributed by atoms with E-state index in [9.17, 15) is 4.79 Å². The highest BCUT2D eigenvalue weighted by Gasteiger charge is 2.13. The van der Waals surface area contributed by atoms with Gasteiger partial charge in [0.25, 0.3) is 0 Å². The van der Waals surface area contributed by atoms with Crippen molar-refractivity contribution in [1.82, 2.24) is 25.9 Å². The third kappa shape index (κ3) is 17.8. The Hall–Kier alpha value is -1.50. The van der Waals surface area contributed by atoms with E-state index in [-0.39, 0.29) is 11.9 Å². The zero-order valence-corrected chi connectivity index (χ0v) is 20.2. The van der Waals surface area contributed by atoms with Gasteiger partial charge in [0.05, 0.1) is 12.6 Å². The normalized spacial score (nSPS) is 12.2. The Kier molecular flexibility index (Phi) is 18.1. The van der Waals surface area contributed by atoms with Gasteiger partial charge in [-0.25, -0.2) is 0 Å². The molecule has 0 radical (unpaired) electrons. The number of rotatable bonds is 22. The summed E-state index contributed by atoms with van der Waals surface area (Å²) in [7, 11) is 0. The predicted octanol–water partition coefficient (Wildman–Crippen LogP) is 5.53. The van der Waals surface area contributed by atoms with E-state index in [0.717, 1.165) is 13.0 Å². The Morgan fingerprint density at radius 1 is 0.871 bits per heavy atom. The summed E-state index contributed by atoms with van der Waals surface area (Å²) < 4.78 is 5.76. The van der Waals surface area contributed by atoms with Gasteiger partial charge in [0, 0.05) is 20.0 Å². The van der Waals surface area contributed by atoms with E-state index in [4.69, 9.17) is 4.74 Å². The second-order valence-electron chi connectivity index (χ2n) is 8.81. The first-order valence-corrected chi connectivity index (χ1v) is 12.8. The lowest BCUT2D eigenvalue weighted by atomic mass is 10.0. The molecule has 0 bridgehead atoms. The lowest BCUT2D eigenvalue weighted by molar-refractivity contribution is -0.120. The minimum atomic E-state index is -0.115. The lowest BCUT2D eigenvalue weighted by Crippen LogP contribution is -2.39. The van der Waals surface area contributed by atoms with Crippen LogP contribution in [0.3, 0.4) is 0 Å². The molecule has 1 unspecified atom stereocenters. The molecule has 1 rings (SSSR count). The molecule has 0 spiro atoms. The van der Waals surface area contributed by atoms with Gasteiger partial charge in [-0.05, 0) is 6.42 Å². The third-order valence-corrected chi connectivity index (χ3v) is 5.69. The molecule has 0 saturated carbocycles. The van der Waals surface area contributed by atoms with Crippen LogP contribution in [0.4, 0.5) is 0 Å². The number of hydrogen-bond donors (Lipinski definition) is 2. The van der Waals surface area contributed by atoms with Crippen molar-refractivity contribution in [3.63, 3.8) is 0 Å². The number of aromatic amines is 1. The molecule has 7 heteroatoms. The van der Waals surface area contributed by atoms with Gasteiger partial charge in [0.2, 0.25) is 5.91 Å². The highest BCUT2D eigenvalue weighted by atomic mass is 16.5. The first kappa shape index (κ1) is 27.5. The van der Waals surface area contributed by atoms with Crippen molar-refractivity contribution in [3.05, 3.63) is 5.82 Å². The van der Waals surface area contributed by atoms with Crippen LogP contribution in [0.15, 0.2) is 0 Å². The summed E-state index contributed by atoms with van der Waals surface area (Å²) >= 11 is 0. The largest absolute Gasteiger partial charge is 0.379 e. The zero-order chi connectivity index (χ0) is 22.4. The van der Waals surface area contributed by atoms with Gasteiger partial charge >= 0.3 is 0 Å². The smallest absolute Gasteiger partial charge is 0.217 e. The van der Waals surface area contributed by atoms with Crippen molar-refractivity contribution in [3.8, 4) is 0 Å². The first-order valence-electron chi connectivity index (χ1n) is 12.8. The molecule has 1 atom stereocenters. The number of aromatic nitrogens is 4. The minimum absolute atomic E-state index is 0.0699. The average Bonchev–Trinajstić information content (AvgIpc) is 3.25. The third-order valence-electron chi connectivity index (χ3n) is 5.69. The highest BCUT2D eigenvalue weighted by molar-refractivity contribution is 5.73. The minimum Gasteiger partial charge on any atom is -0.379 e. The van der Waals surface area contributed by atoms with Crippen molar-refractivity contribution < 1.29 is 9.53 Å². The summed E-state index contributed by atoms with van der Waals surface area (Å²) in [4.78, 5) is 11.3. The van der Waals surface area contributed by atoms with Crippen LogP contribution in [0, 0.1) is 0 Å². The van der Waals surface area contributed by atoms with Crippen LogP contribution in [0.5, 0.6) is 0 Å². The molecule has 180 valence electrons. The molecule has 7 nitrogen and oxygen atoms in total. The van der Waals surface area contributed by atoms with Gasteiger partial charge < -0.3 is 10.1 Å². The quantitative estimate of drug-likeness (QED) is 0.233. The second-order valence-corrected chi connectivity index (χ2v) is 8.81. The maximum atomic E-state index is 11.3. The summed E-state index contributed by atoms with van der Waals surface area (Å²) in [6.07, 6.45) is 22.4. The first-order chi connectivity index (χ1) is 15.2. The molecule has 2 N–H and O–H groups in total. The van der Waals surface area contributed by atoms with Crippen LogP contribution in [-0.4, -0.2) is 45.8 Å².